The Morgan fingerprint density at radius 3 is 2.50 bits per heavy atom. The van der Waals surface area contributed by atoms with E-state index in [0.29, 0.717) is 0 Å². The van der Waals surface area contributed by atoms with Crippen LogP contribution in [0.2, 0.25) is 0 Å². The van der Waals surface area contributed by atoms with Gasteiger partial charge in [0, 0.05) is 6.04 Å². The molecule has 0 radical (unpaired) electrons. The Bertz CT molecular complexity index is 144. The van der Waals surface area contributed by atoms with Crippen LogP contribution < -0.4 is 5.32 Å². The van der Waals surface area contributed by atoms with Gasteiger partial charge in [-0.3, -0.25) is 0 Å². The lowest BCUT2D eigenvalue weighted by molar-refractivity contribution is 0.448. The van der Waals surface area contributed by atoms with Gasteiger partial charge >= 0.3 is 0 Å². The molecule has 10 heavy (non-hydrogen) atoms. The van der Waals surface area contributed by atoms with E-state index in [1.165, 1.54) is 31.3 Å². The average Bonchev–Trinajstić information content (AvgIpc) is 2.05. The Morgan fingerprint density at radius 2 is 2.10 bits per heavy atom. The topological polar surface area (TPSA) is 12.0 Å². The molecule has 1 aliphatic rings. The summed E-state index contributed by atoms with van der Waals surface area (Å²) in [5.74, 6) is 0. The highest BCUT2D eigenvalue weighted by Crippen LogP contribution is 2.21. The Hall–Kier alpha value is -0.520. The molecule has 1 N–H and O–H groups in total. The lowest BCUT2D eigenvalue weighted by Crippen LogP contribution is -2.27. The molecule has 1 aliphatic carbocycles. The van der Waals surface area contributed by atoms with Gasteiger partial charge in [0.1, 0.15) is 0 Å². The molecule has 1 heteroatoms. The van der Waals surface area contributed by atoms with Gasteiger partial charge < -0.3 is 5.32 Å². The zero-order valence-corrected chi connectivity index (χ0v) is 6.61. The molecule has 0 heterocycles. The van der Waals surface area contributed by atoms with E-state index in [1.54, 1.807) is 0 Å². The van der Waals surface area contributed by atoms with Crippen molar-refractivity contribution in [3.8, 4) is 0 Å². The van der Waals surface area contributed by atoms with Crippen molar-refractivity contribution < 1.29 is 0 Å². The first kappa shape index (κ1) is 7.59. The van der Waals surface area contributed by atoms with Crippen LogP contribution in [-0.4, -0.2) is 13.1 Å². The maximum absolute atomic E-state index is 3.65. The van der Waals surface area contributed by atoms with Gasteiger partial charge in [-0.05, 0) is 38.3 Å². The van der Waals surface area contributed by atoms with E-state index in [2.05, 4.69) is 17.6 Å². The second-order valence-electron chi connectivity index (χ2n) is 2.84. The molecule has 0 aliphatic heterocycles. The van der Waals surface area contributed by atoms with Gasteiger partial charge in [-0.25, -0.2) is 0 Å². The highest BCUT2D eigenvalue weighted by atomic mass is 14.9. The fourth-order valence-electron chi connectivity index (χ4n) is 1.43. The van der Waals surface area contributed by atoms with Crippen LogP contribution in [0.5, 0.6) is 0 Å². The Kier molecular flexibility index (Phi) is 2.73. The summed E-state index contributed by atoms with van der Waals surface area (Å²) in [7, 11) is 2.04. The minimum absolute atomic E-state index is 0.733. The molecule has 1 rings (SSSR count). The average molecular weight is 137 g/mol. The summed E-state index contributed by atoms with van der Waals surface area (Å²) in [6.45, 7) is 3.65. The van der Waals surface area contributed by atoms with Crippen molar-refractivity contribution in [2.75, 3.05) is 7.05 Å². The van der Waals surface area contributed by atoms with Crippen molar-refractivity contribution in [1.82, 2.24) is 5.32 Å². The van der Waals surface area contributed by atoms with Crippen LogP contribution in [0.15, 0.2) is 17.9 Å². The predicted octanol–water partition coefficient (Wildman–Crippen LogP) is 1.86. The summed E-state index contributed by atoms with van der Waals surface area (Å²) >= 11 is 0. The third-order valence-corrected chi connectivity index (χ3v) is 2.25. The van der Waals surface area contributed by atoms with Gasteiger partial charge in [-0.2, -0.15) is 0 Å². The fraction of sp³-hybridized carbons (Fsp3) is 0.667. The third-order valence-electron chi connectivity index (χ3n) is 2.25. The summed E-state index contributed by atoms with van der Waals surface area (Å²) in [6, 6.07) is 0.733. The van der Waals surface area contributed by atoms with Gasteiger partial charge in [0.15, 0.2) is 0 Å². The van der Waals surface area contributed by atoms with Crippen LogP contribution in [0.25, 0.3) is 0 Å². The zero-order chi connectivity index (χ0) is 7.40. The van der Waals surface area contributed by atoms with Crippen molar-refractivity contribution in [2.24, 2.45) is 0 Å². The molecule has 1 fully saturated rings. The van der Waals surface area contributed by atoms with Crippen LogP contribution >= 0.6 is 0 Å². The van der Waals surface area contributed by atoms with Crippen molar-refractivity contribution in [3.05, 3.63) is 17.9 Å². The van der Waals surface area contributed by atoms with Gasteiger partial charge in [-0.15, -0.1) is 5.73 Å². The number of hydrogen-bond donors (Lipinski definition) is 1. The lowest BCUT2D eigenvalue weighted by Gasteiger charge is -2.21. The highest BCUT2D eigenvalue weighted by Gasteiger charge is 2.13. The van der Waals surface area contributed by atoms with Gasteiger partial charge in [-0.1, -0.05) is 6.58 Å². The van der Waals surface area contributed by atoms with Crippen LogP contribution in [0, 0.1) is 0 Å². The number of hydrogen-bond acceptors (Lipinski definition) is 1. The van der Waals surface area contributed by atoms with Crippen molar-refractivity contribution in [1.29, 1.82) is 0 Å². The molecule has 0 spiro atoms. The molecule has 56 valence electrons. The quantitative estimate of drug-likeness (QED) is 0.544. The summed E-state index contributed by atoms with van der Waals surface area (Å²) < 4.78 is 0. The van der Waals surface area contributed by atoms with E-state index in [-0.39, 0.29) is 0 Å². The normalized spacial score (nSPS) is 26.1. The molecule has 0 saturated heterocycles. The first-order chi connectivity index (χ1) is 4.86. The van der Waals surface area contributed by atoms with Crippen LogP contribution in [0.4, 0.5) is 0 Å². The van der Waals surface area contributed by atoms with Crippen LogP contribution in [0.1, 0.15) is 25.7 Å². The van der Waals surface area contributed by atoms with Crippen molar-refractivity contribution in [2.45, 2.75) is 31.7 Å². The second-order valence-corrected chi connectivity index (χ2v) is 2.84. The van der Waals surface area contributed by atoms with E-state index >= 15 is 0 Å². The molecule has 0 aromatic carbocycles. The lowest BCUT2D eigenvalue weighted by atomic mass is 9.92. The SMILES string of the molecule is C=C=C1CCC(NC)CC1. The minimum Gasteiger partial charge on any atom is -0.317 e. The molecule has 1 nitrogen and oxygen atoms in total. The highest BCUT2D eigenvalue weighted by molar-refractivity contribution is 5.03. The molecular weight excluding hydrogens is 122 g/mol. The monoisotopic (exact) mass is 137 g/mol. The van der Waals surface area contributed by atoms with Gasteiger partial charge in [0.25, 0.3) is 0 Å². The van der Waals surface area contributed by atoms with E-state index in [4.69, 9.17) is 0 Å². The smallest absolute Gasteiger partial charge is 0.00706 e. The maximum Gasteiger partial charge on any atom is 0.00706 e. The molecule has 0 amide bonds. The number of nitrogens with one attached hydrogen (secondary N) is 1. The molecular formula is C9H15N. The first-order valence-corrected chi connectivity index (χ1v) is 3.92. The molecule has 0 unspecified atom stereocenters. The summed E-state index contributed by atoms with van der Waals surface area (Å²) in [5, 5.41) is 3.29. The van der Waals surface area contributed by atoms with E-state index in [0.717, 1.165) is 6.04 Å². The van der Waals surface area contributed by atoms with Gasteiger partial charge in [0.05, 0.1) is 0 Å². The number of allylic oxidation sites excluding steroid dienone is 1. The molecule has 0 aromatic heterocycles. The standard InChI is InChI=1S/C9H15N/c1-3-8-4-6-9(10-2)7-5-8/h9-10H,1,4-7H2,2H3. The van der Waals surface area contributed by atoms with Gasteiger partial charge in [0.2, 0.25) is 0 Å². The van der Waals surface area contributed by atoms with E-state index in [9.17, 15) is 0 Å². The predicted molar refractivity (Wildman–Crippen MR) is 44.0 cm³/mol. The summed E-state index contributed by atoms with van der Waals surface area (Å²) in [6.07, 6.45) is 4.90. The molecule has 0 bridgehead atoms. The Balaban J connectivity index is 2.38. The summed E-state index contributed by atoms with van der Waals surface area (Å²) in [5.41, 5.74) is 4.40. The fourth-order valence-corrected chi connectivity index (χ4v) is 1.43. The Morgan fingerprint density at radius 1 is 1.50 bits per heavy atom. The maximum atomic E-state index is 3.65. The molecule has 0 aromatic rings. The first-order valence-electron chi connectivity index (χ1n) is 3.92. The van der Waals surface area contributed by atoms with E-state index < -0.39 is 0 Å². The van der Waals surface area contributed by atoms with Crippen LogP contribution in [0.3, 0.4) is 0 Å². The van der Waals surface area contributed by atoms with E-state index in [1.807, 2.05) is 7.05 Å². The second kappa shape index (κ2) is 3.60. The number of rotatable bonds is 1. The summed E-state index contributed by atoms with van der Waals surface area (Å²) in [4.78, 5) is 0. The largest absolute Gasteiger partial charge is 0.317 e. The van der Waals surface area contributed by atoms with Crippen molar-refractivity contribution in [3.63, 3.8) is 0 Å². The molecule has 1 saturated carbocycles. The zero-order valence-electron chi connectivity index (χ0n) is 6.61. The Labute approximate surface area is 62.8 Å². The third kappa shape index (κ3) is 1.73. The molecule has 0 atom stereocenters. The van der Waals surface area contributed by atoms with Crippen LogP contribution in [-0.2, 0) is 0 Å². The van der Waals surface area contributed by atoms with Crippen molar-refractivity contribution >= 4 is 0 Å². The minimum atomic E-state index is 0.733.